The number of rotatable bonds is 6. The van der Waals surface area contributed by atoms with E-state index >= 15 is 0 Å². The number of hydrogen-bond acceptors (Lipinski definition) is 6. The van der Waals surface area contributed by atoms with E-state index in [-0.39, 0.29) is 12.1 Å². The van der Waals surface area contributed by atoms with E-state index in [1.807, 2.05) is 47.0 Å². The van der Waals surface area contributed by atoms with Crippen LogP contribution in [0.1, 0.15) is 32.4 Å². The van der Waals surface area contributed by atoms with E-state index in [1.165, 1.54) is 0 Å². The fourth-order valence-electron chi connectivity index (χ4n) is 2.66. The molecule has 0 fully saturated rings. The third-order valence-electron chi connectivity index (χ3n) is 3.96. The molecule has 5 nitrogen and oxygen atoms in total. The van der Waals surface area contributed by atoms with Crippen molar-refractivity contribution in [2.45, 2.75) is 32.9 Å². The maximum absolute atomic E-state index is 12.7. The molecule has 2 atom stereocenters. The molecule has 1 aromatic rings. The summed E-state index contributed by atoms with van der Waals surface area (Å²) < 4.78 is 5.45. The second-order valence-corrected chi connectivity index (χ2v) is 8.72. The summed E-state index contributed by atoms with van der Waals surface area (Å²) in [6, 6.07) is 4.86. The maximum Gasteiger partial charge on any atom is 0.317 e. The number of ether oxygens (including phenoxy) is 1. The standard InChI is InChI=1S/C19H25Cl2N3O2S/c1-11(2)26-18(25)15-12(3)22-19(27-10-9-24(4)5)23-17(15)13-7-6-8-14(20)16(13)21/h6-8,11,15,17H,9-10H2,1-5H3. The van der Waals surface area contributed by atoms with Crippen LogP contribution in [0, 0.1) is 5.92 Å². The van der Waals surface area contributed by atoms with Crippen LogP contribution in [-0.4, -0.2) is 54.2 Å². The molecule has 2 unspecified atom stereocenters. The second-order valence-electron chi connectivity index (χ2n) is 6.87. The van der Waals surface area contributed by atoms with Gasteiger partial charge in [0.15, 0.2) is 5.17 Å². The van der Waals surface area contributed by atoms with Gasteiger partial charge < -0.3 is 9.64 Å². The molecule has 8 heteroatoms. The number of carbonyl (C=O) groups excluding carboxylic acids is 1. The Balaban J connectivity index is 2.39. The normalized spacial score (nSPS) is 19.9. The van der Waals surface area contributed by atoms with E-state index in [1.54, 1.807) is 17.8 Å². The Kier molecular flexibility index (Phi) is 8.16. The van der Waals surface area contributed by atoms with Crippen LogP contribution in [0.5, 0.6) is 0 Å². The summed E-state index contributed by atoms with van der Waals surface area (Å²) in [5.74, 6) is -0.130. The van der Waals surface area contributed by atoms with Crippen molar-refractivity contribution >= 4 is 51.8 Å². The zero-order valence-corrected chi connectivity index (χ0v) is 18.5. The van der Waals surface area contributed by atoms with Gasteiger partial charge in [0.25, 0.3) is 0 Å². The third kappa shape index (κ3) is 5.95. The van der Waals surface area contributed by atoms with Gasteiger partial charge in [-0.15, -0.1) is 0 Å². The lowest BCUT2D eigenvalue weighted by atomic mass is 9.89. The Morgan fingerprint density at radius 3 is 2.67 bits per heavy atom. The van der Waals surface area contributed by atoms with Gasteiger partial charge in [-0.3, -0.25) is 9.79 Å². The molecule has 0 aromatic heterocycles. The minimum atomic E-state index is -0.624. The van der Waals surface area contributed by atoms with Crippen molar-refractivity contribution in [1.82, 2.24) is 4.90 Å². The summed E-state index contributed by atoms with van der Waals surface area (Å²) in [6.45, 7) is 6.37. The van der Waals surface area contributed by atoms with Gasteiger partial charge >= 0.3 is 5.97 Å². The molecule has 0 bridgehead atoms. The number of thioether (sulfide) groups is 1. The monoisotopic (exact) mass is 429 g/mol. The number of hydrogen-bond donors (Lipinski definition) is 0. The van der Waals surface area contributed by atoms with E-state index in [9.17, 15) is 4.79 Å². The smallest absolute Gasteiger partial charge is 0.317 e. The summed E-state index contributed by atoms with van der Waals surface area (Å²) >= 11 is 14.2. The number of carbonyl (C=O) groups is 1. The molecule has 2 rings (SSSR count). The molecular formula is C19H25Cl2N3O2S. The van der Waals surface area contributed by atoms with Crippen molar-refractivity contribution in [2.75, 3.05) is 26.4 Å². The molecule has 0 amide bonds. The average molecular weight is 430 g/mol. The number of aliphatic imine (C=N–C) groups is 2. The first-order valence-electron chi connectivity index (χ1n) is 8.75. The summed E-state index contributed by atoms with van der Waals surface area (Å²) in [6.07, 6.45) is -0.222. The molecule has 148 valence electrons. The number of esters is 1. The van der Waals surface area contributed by atoms with Crippen molar-refractivity contribution in [3.05, 3.63) is 33.8 Å². The largest absolute Gasteiger partial charge is 0.462 e. The summed E-state index contributed by atoms with van der Waals surface area (Å²) in [7, 11) is 4.04. The van der Waals surface area contributed by atoms with Crippen LogP contribution in [0.2, 0.25) is 10.0 Å². The van der Waals surface area contributed by atoms with Crippen LogP contribution in [0.25, 0.3) is 0 Å². The Bertz CT molecular complexity index is 750. The van der Waals surface area contributed by atoms with E-state index < -0.39 is 12.0 Å². The van der Waals surface area contributed by atoms with Gasteiger partial charge in [-0.25, -0.2) is 4.99 Å². The minimum Gasteiger partial charge on any atom is -0.462 e. The van der Waals surface area contributed by atoms with Crippen LogP contribution in [0.3, 0.4) is 0 Å². The highest BCUT2D eigenvalue weighted by atomic mass is 35.5. The first-order chi connectivity index (χ1) is 12.7. The van der Waals surface area contributed by atoms with E-state index in [4.69, 9.17) is 32.9 Å². The first kappa shape index (κ1) is 22.2. The summed E-state index contributed by atoms with van der Waals surface area (Å²) in [5, 5.41) is 1.48. The molecule has 0 radical (unpaired) electrons. The molecule has 0 saturated heterocycles. The van der Waals surface area contributed by atoms with Gasteiger partial charge in [0.2, 0.25) is 0 Å². The highest BCUT2D eigenvalue weighted by Crippen LogP contribution is 2.39. The van der Waals surface area contributed by atoms with Crippen LogP contribution in [0.4, 0.5) is 0 Å². The quantitative estimate of drug-likeness (QED) is 0.613. The average Bonchev–Trinajstić information content (AvgIpc) is 2.55. The lowest BCUT2D eigenvalue weighted by Crippen LogP contribution is -2.34. The first-order valence-corrected chi connectivity index (χ1v) is 10.5. The fraction of sp³-hybridized carbons (Fsp3) is 0.526. The van der Waals surface area contributed by atoms with Gasteiger partial charge in [-0.2, -0.15) is 0 Å². The lowest BCUT2D eigenvalue weighted by Gasteiger charge is -2.28. The predicted molar refractivity (Wildman–Crippen MR) is 115 cm³/mol. The highest BCUT2D eigenvalue weighted by Gasteiger charge is 2.38. The molecule has 0 N–H and O–H groups in total. The molecule has 0 saturated carbocycles. The molecule has 1 aliphatic heterocycles. The van der Waals surface area contributed by atoms with E-state index in [2.05, 4.69) is 9.89 Å². The number of nitrogens with zero attached hydrogens (tertiary/aromatic N) is 3. The van der Waals surface area contributed by atoms with E-state index in [0.29, 0.717) is 26.5 Å². The van der Waals surface area contributed by atoms with Gasteiger partial charge in [-0.05, 0) is 46.5 Å². The van der Waals surface area contributed by atoms with Gasteiger partial charge in [0, 0.05) is 18.0 Å². The highest BCUT2D eigenvalue weighted by molar-refractivity contribution is 8.13. The number of amidine groups is 1. The molecule has 1 heterocycles. The zero-order chi connectivity index (χ0) is 20.1. The topological polar surface area (TPSA) is 54.3 Å². The maximum atomic E-state index is 12.7. The molecule has 0 aliphatic carbocycles. The summed E-state index contributed by atoms with van der Waals surface area (Å²) in [5.41, 5.74) is 1.37. The zero-order valence-electron chi connectivity index (χ0n) is 16.2. The van der Waals surface area contributed by atoms with Gasteiger partial charge in [-0.1, -0.05) is 47.1 Å². The molecule has 0 spiro atoms. The van der Waals surface area contributed by atoms with Crippen molar-refractivity contribution in [2.24, 2.45) is 15.9 Å². The fourth-order valence-corrected chi connectivity index (χ4v) is 4.12. The number of benzene rings is 1. The van der Waals surface area contributed by atoms with Crippen LogP contribution < -0.4 is 0 Å². The Morgan fingerprint density at radius 1 is 1.33 bits per heavy atom. The van der Waals surface area contributed by atoms with Crippen molar-refractivity contribution in [3.63, 3.8) is 0 Å². The van der Waals surface area contributed by atoms with E-state index in [0.717, 1.165) is 12.3 Å². The van der Waals surface area contributed by atoms with Crippen LogP contribution in [-0.2, 0) is 9.53 Å². The van der Waals surface area contributed by atoms with Gasteiger partial charge in [0.05, 0.1) is 22.2 Å². The minimum absolute atomic E-state index is 0.222. The van der Waals surface area contributed by atoms with Crippen molar-refractivity contribution in [3.8, 4) is 0 Å². The predicted octanol–water partition coefficient (Wildman–Crippen LogP) is 4.73. The molecule has 27 heavy (non-hydrogen) atoms. The molecule has 1 aromatic carbocycles. The third-order valence-corrected chi connectivity index (χ3v) is 5.64. The molecular weight excluding hydrogens is 405 g/mol. The van der Waals surface area contributed by atoms with Crippen molar-refractivity contribution in [1.29, 1.82) is 0 Å². The van der Waals surface area contributed by atoms with Gasteiger partial charge in [0.1, 0.15) is 5.92 Å². The van der Waals surface area contributed by atoms with Crippen molar-refractivity contribution < 1.29 is 9.53 Å². The molecule has 1 aliphatic rings. The SMILES string of the molecule is CC1=NC(SCCN(C)C)=NC(c2cccc(Cl)c2Cl)C1C(=O)OC(C)C. The summed E-state index contributed by atoms with van der Waals surface area (Å²) in [4.78, 5) is 24.1. The Hall–Kier alpha value is -1.08. The number of halogens is 2. The van der Waals surface area contributed by atoms with Crippen LogP contribution in [0.15, 0.2) is 28.2 Å². The lowest BCUT2D eigenvalue weighted by molar-refractivity contribution is -0.150. The Labute approximate surface area is 175 Å². The van der Waals surface area contributed by atoms with Crippen LogP contribution >= 0.6 is 35.0 Å². The second kappa shape index (κ2) is 9.92. The Morgan fingerprint density at radius 2 is 2.04 bits per heavy atom.